The zero-order chi connectivity index (χ0) is 14.0. The minimum Gasteiger partial charge on any atom is -0.394 e. The summed E-state index contributed by atoms with van der Waals surface area (Å²) in [5.41, 5.74) is 0.573. The molecule has 1 saturated heterocycles. The molecule has 106 valence electrons. The number of ether oxygens (including phenoxy) is 1. The Kier molecular flexibility index (Phi) is 4.17. The molecule has 6 heteroatoms. The van der Waals surface area contributed by atoms with Gasteiger partial charge in [-0.15, -0.1) is 0 Å². The molecule has 1 aromatic carbocycles. The number of aliphatic hydroxyl groups is 4. The lowest BCUT2D eigenvalue weighted by Crippen LogP contribution is -2.64. The van der Waals surface area contributed by atoms with E-state index in [0.717, 1.165) is 0 Å². The summed E-state index contributed by atoms with van der Waals surface area (Å²) in [4.78, 5) is 0. The first kappa shape index (κ1) is 14.4. The Morgan fingerprint density at radius 3 is 2.32 bits per heavy atom. The fourth-order valence-corrected chi connectivity index (χ4v) is 2.22. The Morgan fingerprint density at radius 1 is 1.11 bits per heavy atom. The topological polar surface area (TPSA) is 90.2 Å². The summed E-state index contributed by atoms with van der Waals surface area (Å²) in [7, 11) is 0. The predicted octanol–water partition coefficient (Wildman–Crippen LogP) is -0.631. The van der Waals surface area contributed by atoms with Gasteiger partial charge in [-0.1, -0.05) is 30.3 Å². The van der Waals surface area contributed by atoms with E-state index in [-0.39, 0.29) is 6.42 Å². The van der Waals surface area contributed by atoms with Crippen LogP contribution in [-0.4, -0.2) is 57.3 Å². The fraction of sp³-hybridized carbons (Fsp3) is 0.538. The van der Waals surface area contributed by atoms with E-state index in [9.17, 15) is 19.7 Å². The summed E-state index contributed by atoms with van der Waals surface area (Å²) in [5.74, 6) is -2.55. The smallest absolute Gasteiger partial charge is 0.242 e. The van der Waals surface area contributed by atoms with E-state index >= 15 is 0 Å². The highest BCUT2D eigenvalue weighted by atomic mass is 19.2. The minimum absolute atomic E-state index is 0.282. The highest BCUT2D eigenvalue weighted by Crippen LogP contribution is 2.34. The Hall–Kier alpha value is -1.05. The van der Waals surface area contributed by atoms with E-state index < -0.39 is 36.9 Å². The van der Waals surface area contributed by atoms with E-state index in [2.05, 4.69) is 0 Å². The average Bonchev–Trinajstić information content (AvgIpc) is 2.42. The average molecular weight is 272 g/mol. The normalized spacial score (nSPS) is 39.2. The molecule has 0 radical (unpaired) electrons. The van der Waals surface area contributed by atoms with Crippen molar-refractivity contribution in [3.05, 3.63) is 35.9 Å². The van der Waals surface area contributed by atoms with Crippen LogP contribution in [0.4, 0.5) is 4.39 Å². The third-order valence-corrected chi connectivity index (χ3v) is 3.31. The number of aliphatic hydroxyl groups excluding tert-OH is 4. The Balaban J connectivity index is 2.21. The maximum atomic E-state index is 14.7. The van der Waals surface area contributed by atoms with E-state index in [1.165, 1.54) is 0 Å². The van der Waals surface area contributed by atoms with Crippen molar-refractivity contribution in [2.45, 2.75) is 36.7 Å². The van der Waals surface area contributed by atoms with Gasteiger partial charge in [0.05, 0.1) is 6.61 Å². The van der Waals surface area contributed by atoms with Crippen molar-refractivity contribution in [1.82, 2.24) is 0 Å². The van der Waals surface area contributed by atoms with E-state index in [1.807, 2.05) is 0 Å². The molecule has 1 aliphatic heterocycles. The quantitative estimate of drug-likeness (QED) is 0.588. The van der Waals surface area contributed by atoms with Crippen molar-refractivity contribution in [2.75, 3.05) is 6.61 Å². The van der Waals surface area contributed by atoms with Crippen molar-refractivity contribution in [2.24, 2.45) is 0 Å². The summed E-state index contributed by atoms with van der Waals surface area (Å²) in [6, 6.07) is 8.50. The van der Waals surface area contributed by atoms with Crippen molar-refractivity contribution in [3.8, 4) is 0 Å². The molecule has 2 rings (SSSR count). The molecule has 0 aliphatic carbocycles. The van der Waals surface area contributed by atoms with Crippen molar-refractivity contribution in [3.63, 3.8) is 0 Å². The highest BCUT2D eigenvalue weighted by molar-refractivity contribution is 5.17. The number of hydrogen-bond acceptors (Lipinski definition) is 5. The molecule has 1 unspecified atom stereocenters. The number of alkyl halides is 1. The van der Waals surface area contributed by atoms with E-state index in [1.54, 1.807) is 30.3 Å². The third kappa shape index (κ3) is 2.77. The largest absolute Gasteiger partial charge is 0.394 e. The van der Waals surface area contributed by atoms with Gasteiger partial charge in [0.15, 0.2) is 0 Å². The fourth-order valence-electron chi connectivity index (χ4n) is 2.22. The lowest BCUT2D eigenvalue weighted by atomic mass is 9.90. The van der Waals surface area contributed by atoms with Crippen LogP contribution < -0.4 is 0 Å². The van der Waals surface area contributed by atoms with Crippen molar-refractivity contribution in [1.29, 1.82) is 0 Å². The highest BCUT2D eigenvalue weighted by Gasteiger charge is 2.53. The Morgan fingerprint density at radius 2 is 1.74 bits per heavy atom. The minimum atomic E-state index is -2.55. The molecule has 1 aromatic rings. The van der Waals surface area contributed by atoms with Crippen LogP contribution in [0.1, 0.15) is 5.56 Å². The lowest BCUT2D eigenvalue weighted by molar-refractivity contribution is -0.319. The molecule has 5 nitrogen and oxygen atoms in total. The number of rotatable bonds is 3. The molecular formula is C13H17FO5. The summed E-state index contributed by atoms with van der Waals surface area (Å²) in [5, 5.41) is 37.9. The van der Waals surface area contributed by atoms with Gasteiger partial charge >= 0.3 is 0 Å². The maximum absolute atomic E-state index is 14.7. The maximum Gasteiger partial charge on any atom is 0.242 e. The van der Waals surface area contributed by atoms with Crippen LogP contribution in [0.15, 0.2) is 30.3 Å². The lowest BCUT2D eigenvalue weighted by Gasteiger charge is -2.43. The number of hydrogen-bond donors (Lipinski definition) is 4. The molecule has 1 heterocycles. The van der Waals surface area contributed by atoms with Crippen LogP contribution in [0, 0.1) is 0 Å². The second kappa shape index (κ2) is 5.52. The first-order valence-electron chi connectivity index (χ1n) is 6.03. The van der Waals surface area contributed by atoms with Gasteiger partial charge in [-0.05, 0) is 5.56 Å². The van der Waals surface area contributed by atoms with Gasteiger partial charge in [-0.2, -0.15) is 0 Å². The molecule has 0 amide bonds. The van der Waals surface area contributed by atoms with Crippen molar-refractivity contribution >= 4 is 0 Å². The molecule has 0 bridgehead atoms. The first-order chi connectivity index (χ1) is 8.98. The monoisotopic (exact) mass is 272 g/mol. The third-order valence-electron chi connectivity index (χ3n) is 3.31. The SMILES string of the molecule is OC[C@H]1OC(F)(Cc2ccccc2)[C@H](O)[C@@H](O)[C@@H]1O. The van der Waals surface area contributed by atoms with Crippen LogP contribution in [-0.2, 0) is 11.2 Å². The van der Waals surface area contributed by atoms with E-state index in [0.29, 0.717) is 5.56 Å². The van der Waals surface area contributed by atoms with Gasteiger partial charge in [-0.25, -0.2) is 4.39 Å². The van der Waals surface area contributed by atoms with E-state index in [4.69, 9.17) is 9.84 Å². The molecule has 1 fully saturated rings. The summed E-state index contributed by atoms with van der Waals surface area (Å²) < 4.78 is 19.6. The van der Waals surface area contributed by atoms with Gasteiger partial charge in [0.25, 0.3) is 0 Å². The number of benzene rings is 1. The standard InChI is InChI=1S/C13H17FO5/c14-13(6-8-4-2-1-3-5-8)12(18)11(17)10(16)9(7-15)19-13/h1-5,9-12,15-18H,6-7H2/t9-,10-,11+,12-,13?/m1/s1. The van der Waals surface area contributed by atoms with Crippen LogP contribution in [0.25, 0.3) is 0 Å². The van der Waals surface area contributed by atoms with Crippen LogP contribution >= 0.6 is 0 Å². The second-order valence-electron chi connectivity index (χ2n) is 4.71. The number of halogens is 1. The molecule has 5 atom stereocenters. The first-order valence-corrected chi connectivity index (χ1v) is 6.03. The molecule has 0 aromatic heterocycles. The molecule has 0 spiro atoms. The van der Waals surface area contributed by atoms with Gasteiger partial charge in [-0.3, -0.25) is 0 Å². The van der Waals surface area contributed by atoms with Crippen LogP contribution in [0.3, 0.4) is 0 Å². The van der Waals surface area contributed by atoms with Gasteiger partial charge in [0.1, 0.15) is 24.4 Å². The molecule has 4 N–H and O–H groups in total. The molecule has 19 heavy (non-hydrogen) atoms. The van der Waals surface area contributed by atoms with Crippen LogP contribution in [0.5, 0.6) is 0 Å². The summed E-state index contributed by atoms with van der Waals surface area (Å²) in [6.45, 7) is -0.647. The van der Waals surface area contributed by atoms with Gasteiger partial charge in [0.2, 0.25) is 5.85 Å². The molecular weight excluding hydrogens is 255 g/mol. The Bertz CT molecular complexity index is 413. The summed E-state index contributed by atoms with van der Waals surface area (Å²) in [6.07, 6.45) is -6.67. The van der Waals surface area contributed by atoms with Crippen molar-refractivity contribution < 1.29 is 29.6 Å². The summed E-state index contributed by atoms with van der Waals surface area (Å²) >= 11 is 0. The van der Waals surface area contributed by atoms with Crippen LogP contribution in [0.2, 0.25) is 0 Å². The zero-order valence-electron chi connectivity index (χ0n) is 10.2. The second-order valence-corrected chi connectivity index (χ2v) is 4.71. The molecule has 1 aliphatic rings. The Labute approximate surface area is 109 Å². The predicted molar refractivity (Wildman–Crippen MR) is 64.0 cm³/mol. The zero-order valence-corrected chi connectivity index (χ0v) is 10.2. The van der Waals surface area contributed by atoms with Gasteiger partial charge in [0, 0.05) is 6.42 Å². The van der Waals surface area contributed by atoms with Gasteiger partial charge < -0.3 is 25.2 Å². The molecule has 0 saturated carbocycles.